The molecule has 1 heterocycles. The summed E-state index contributed by atoms with van der Waals surface area (Å²) in [5.74, 6) is 0. The summed E-state index contributed by atoms with van der Waals surface area (Å²) >= 11 is 1.93. The van der Waals surface area contributed by atoms with E-state index in [0.717, 1.165) is 19.4 Å². The Kier molecular flexibility index (Phi) is 5.06. The Balaban J connectivity index is 1.66. The highest BCUT2D eigenvalue weighted by molar-refractivity contribution is 8.00. The Morgan fingerprint density at radius 2 is 1.89 bits per heavy atom. The van der Waals surface area contributed by atoms with E-state index in [1.54, 1.807) is 0 Å². The van der Waals surface area contributed by atoms with Gasteiger partial charge in [-0.3, -0.25) is 4.90 Å². The summed E-state index contributed by atoms with van der Waals surface area (Å²) in [6.45, 7) is 1.37. The summed E-state index contributed by atoms with van der Waals surface area (Å²) in [6, 6.07) is 0.397. The number of halogens is 3. The van der Waals surface area contributed by atoms with Crippen molar-refractivity contribution in [1.82, 2.24) is 10.2 Å². The largest absolute Gasteiger partial charge is 0.401 e. The third kappa shape index (κ3) is 4.53. The van der Waals surface area contributed by atoms with Crippen molar-refractivity contribution >= 4 is 11.8 Å². The molecule has 0 spiro atoms. The molecule has 1 saturated carbocycles. The van der Waals surface area contributed by atoms with E-state index in [4.69, 9.17) is 0 Å². The van der Waals surface area contributed by atoms with E-state index in [1.807, 2.05) is 11.8 Å². The van der Waals surface area contributed by atoms with Crippen LogP contribution in [-0.4, -0.2) is 54.3 Å². The van der Waals surface area contributed by atoms with Gasteiger partial charge in [0, 0.05) is 17.3 Å². The predicted molar refractivity (Wildman–Crippen MR) is 73.6 cm³/mol. The van der Waals surface area contributed by atoms with Crippen LogP contribution in [0.15, 0.2) is 0 Å². The van der Waals surface area contributed by atoms with E-state index in [9.17, 15) is 13.2 Å². The van der Waals surface area contributed by atoms with Crippen molar-refractivity contribution in [3.8, 4) is 0 Å². The molecule has 6 heteroatoms. The van der Waals surface area contributed by atoms with E-state index in [-0.39, 0.29) is 0 Å². The lowest BCUT2D eigenvalue weighted by molar-refractivity contribution is -0.148. The molecule has 1 N–H and O–H groups in total. The first-order valence-corrected chi connectivity index (χ1v) is 8.23. The number of nitrogens with zero attached hydrogens (tertiary/aromatic N) is 1. The molecule has 1 saturated heterocycles. The molecule has 19 heavy (non-hydrogen) atoms. The Morgan fingerprint density at radius 3 is 2.32 bits per heavy atom. The van der Waals surface area contributed by atoms with Crippen LogP contribution in [0.3, 0.4) is 0 Å². The highest BCUT2D eigenvalue weighted by Gasteiger charge is 2.37. The molecule has 2 aliphatic rings. The van der Waals surface area contributed by atoms with Gasteiger partial charge in [0.15, 0.2) is 0 Å². The third-order valence-corrected chi connectivity index (χ3v) is 5.82. The van der Waals surface area contributed by atoms with Crippen LogP contribution < -0.4 is 5.32 Å². The molecule has 0 aromatic rings. The predicted octanol–water partition coefficient (Wildman–Crippen LogP) is 2.89. The smallest absolute Gasteiger partial charge is 0.313 e. The first-order valence-electron chi connectivity index (χ1n) is 7.00. The molecular formula is C13H23F3N2S. The second-order valence-electron chi connectivity index (χ2n) is 5.79. The van der Waals surface area contributed by atoms with E-state index in [0.29, 0.717) is 23.9 Å². The van der Waals surface area contributed by atoms with E-state index in [1.165, 1.54) is 24.2 Å². The fourth-order valence-electron chi connectivity index (χ4n) is 2.90. The van der Waals surface area contributed by atoms with Crippen molar-refractivity contribution in [2.75, 3.05) is 32.4 Å². The van der Waals surface area contributed by atoms with Gasteiger partial charge in [-0.25, -0.2) is 0 Å². The Bertz CT molecular complexity index is 279. The molecule has 1 aliphatic carbocycles. The van der Waals surface area contributed by atoms with Crippen LogP contribution in [0.1, 0.15) is 32.1 Å². The first kappa shape index (κ1) is 15.4. The minimum atomic E-state index is -4.06. The van der Waals surface area contributed by atoms with Crippen molar-refractivity contribution in [2.24, 2.45) is 0 Å². The van der Waals surface area contributed by atoms with E-state index >= 15 is 0 Å². The van der Waals surface area contributed by atoms with Gasteiger partial charge in [-0.15, -0.1) is 0 Å². The summed E-state index contributed by atoms with van der Waals surface area (Å²) in [5, 5.41) is 3.57. The van der Waals surface area contributed by atoms with Gasteiger partial charge in [0.1, 0.15) is 0 Å². The topological polar surface area (TPSA) is 15.3 Å². The maximum absolute atomic E-state index is 12.3. The number of piperidine rings is 1. The molecule has 0 aromatic heterocycles. The lowest BCUT2D eigenvalue weighted by atomic mass is 9.84. The summed E-state index contributed by atoms with van der Waals surface area (Å²) < 4.78 is 37.2. The fourth-order valence-corrected chi connectivity index (χ4v) is 3.83. The summed E-state index contributed by atoms with van der Waals surface area (Å²) in [4.78, 5) is 1.52. The zero-order chi connectivity index (χ0) is 13.9. The van der Waals surface area contributed by atoms with Gasteiger partial charge in [-0.05, 0) is 45.0 Å². The summed E-state index contributed by atoms with van der Waals surface area (Å²) in [6.07, 6.45) is 3.62. The molecule has 0 aromatic carbocycles. The second kappa shape index (κ2) is 6.22. The molecule has 112 valence electrons. The minimum Gasteiger partial charge on any atom is -0.313 e. The number of alkyl halides is 3. The van der Waals surface area contributed by atoms with Crippen LogP contribution in [-0.2, 0) is 0 Å². The average molecular weight is 296 g/mol. The molecule has 2 fully saturated rings. The quantitative estimate of drug-likeness (QED) is 0.840. The van der Waals surface area contributed by atoms with Crippen LogP contribution in [0.2, 0.25) is 0 Å². The number of rotatable bonds is 5. The Morgan fingerprint density at radius 1 is 1.26 bits per heavy atom. The summed E-state index contributed by atoms with van der Waals surface area (Å²) in [5.41, 5.74) is 0. The van der Waals surface area contributed by atoms with Gasteiger partial charge in [0.05, 0.1) is 6.54 Å². The van der Waals surface area contributed by atoms with Crippen molar-refractivity contribution in [1.29, 1.82) is 0 Å². The normalized spacial score (nSPS) is 25.3. The maximum Gasteiger partial charge on any atom is 0.401 e. The van der Waals surface area contributed by atoms with Gasteiger partial charge in [0.2, 0.25) is 0 Å². The number of thioether (sulfide) groups is 1. The molecule has 0 bridgehead atoms. The fraction of sp³-hybridized carbons (Fsp3) is 1.00. The molecule has 2 rings (SSSR count). The number of likely N-dealkylation sites (tertiary alicyclic amines) is 1. The number of hydrogen-bond acceptors (Lipinski definition) is 3. The average Bonchev–Trinajstić information content (AvgIpc) is 2.28. The van der Waals surface area contributed by atoms with Crippen LogP contribution in [0, 0.1) is 0 Å². The standard InChI is InChI=1S/C13H23F3N2S/c1-19-12(5-2-6-12)9-17-11-3-7-18(8-4-11)10-13(14,15)16/h11,17H,2-10H2,1H3. The molecule has 0 amide bonds. The molecule has 1 aliphatic heterocycles. The molecular weight excluding hydrogens is 273 g/mol. The van der Waals surface area contributed by atoms with Gasteiger partial charge < -0.3 is 5.32 Å². The van der Waals surface area contributed by atoms with Crippen LogP contribution in [0.4, 0.5) is 13.2 Å². The lowest BCUT2D eigenvalue weighted by Gasteiger charge is -2.42. The molecule has 0 atom stereocenters. The van der Waals surface area contributed by atoms with Gasteiger partial charge >= 0.3 is 6.18 Å². The van der Waals surface area contributed by atoms with E-state index in [2.05, 4.69) is 11.6 Å². The van der Waals surface area contributed by atoms with Gasteiger partial charge in [0.25, 0.3) is 0 Å². The Labute approximate surface area is 117 Å². The SMILES string of the molecule is CSC1(CNC2CCN(CC(F)(F)F)CC2)CCC1. The number of hydrogen-bond donors (Lipinski definition) is 1. The van der Waals surface area contributed by atoms with Gasteiger partial charge in [-0.2, -0.15) is 24.9 Å². The molecule has 0 radical (unpaired) electrons. The monoisotopic (exact) mass is 296 g/mol. The zero-order valence-corrected chi connectivity index (χ0v) is 12.2. The number of nitrogens with one attached hydrogen (secondary N) is 1. The highest BCUT2D eigenvalue weighted by atomic mass is 32.2. The van der Waals surface area contributed by atoms with E-state index < -0.39 is 12.7 Å². The lowest BCUT2D eigenvalue weighted by Crippen LogP contribution is -2.50. The molecule has 2 nitrogen and oxygen atoms in total. The minimum absolute atomic E-state index is 0.397. The van der Waals surface area contributed by atoms with Crippen molar-refractivity contribution < 1.29 is 13.2 Å². The Hall–Kier alpha value is 0.0600. The third-order valence-electron chi connectivity index (χ3n) is 4.40. The second-order valence-corrected chi connectivity index (χ2v) is 7.06. The van der Waals surface area contributed by atoms with Crippen LogP contribution in [0.25, 0.3) is 0 Å². The van der Waals surface area contributed by atoms with Crippen molar-refractivity contribution in [3.05, 3.63) is 0 Å². The van der Waals surface area contributed by atoms with Crippen LogP contribution >= 0.6 is 11.8 Å². The zero-order valence-electron chi connectivity index (χ0n) is 11.4. The maximum atomic E-state index is 12.3. The van der Waals surface area contributed by atoms with Crippen LogP contribution in [0.5, 0.6) is 0 Å². The molecule has 0 unspecified atom stereocenters. The highest BCUT2D eigenvalue weighted by Crippen LogP contribution is 2.42. The van der Waals surface area contributed by atoms with Crippen molar-refractivity contribution in [2.45, 2.75) is 49.1 Å². The van der Waals surface area contributed by atoms with Gasteiger partial charge in [-0.1, -0.05) is 6.42 Å². The van der Waals surface area contributed by atoms with Crippen molar-refractivity contribution in [3.63, 3.8) is 0 Å². The summed E-state index contributed by atoms with van der Waals surface area (Å²) in [7, 11) is 0. The first-order chi connectivity index (χ1) is 8.92.